The predicted molar refractivity (Wildman–Crippen MR) is 335 cm³/mol. The Balaban J connectivity index is 1.15. The number of hydrogen-bond acceptors (Lipinski definition) is 12. The number of nitrogens with two attached hydrogens (primary N) is 3. The third-order valence-corrected chi connectivity index (χ3v) is 15.8. The molecule has 2 aromatic heterocycles. The van der Waals surface area contributed by atoms with E-state index in [2.05, 4.69) is 46.9 Å². The van der Waals surface area contributed by atoms with Gasteiger partial charge in [-0.25, -0.2) is 4.39 Å². The molecule has 25 nitrogen and oxygen atoms in total. The molecule has 0 saturated carbocycles. The van der Waals surface area contributed by atoms with Gasteiger partial charge in [-0.1, -0.05) is 74.5 Å². The van der Waals surface area contributed by atoms with Crippen molar-refractivity contribution in [3.63, 3.8) is 0 Å². The summed E-state index contributed by atoms with van der Waals surface area (Å²) in [6, 6.07) is 15.5. The molecule has 6 aromatic rings. The first kappa shape index (κ1) is 67.7. The number of guanidine groups is 1. The number of nitrogens with one attached hydrogen (secondary N) is 8. The van der Waals surface area contributed by atoms with E-state index in [0.29, 0.717) is 39.6 Å². The number of aryl methyl sites for hydroxylation is 1. The molecule has 7 rings (SSSR count). The average Bonchev–Trinajstić information content (AvgIpc) is 1.77. The normalized spacial score (nSPS) is 15.3. The highest BCUT2D eigenvalue weighted by atomic mass is 19.1. The van der Waals surface area contributed by atoms with Crippen LogP contribution in [0.4, 0.5) is 4.39 Å². The second-order valence-electron chi connectivity index (χ2n) is 23.0. The number of aromatic amines is 2. The molecule has 480 valence electrons. The lowest BCUT2D eigenvalue weighted by molar-refractivity contribution is -0.144. The Bertz CT molecular complexity index is 3530. The first-order valence-corrected chi connectivity index (χ1v) is 30.0. The number of para-hydroxylation sites is 2. The van der Waals surface area contributed by atoms with Gasteiger partial charge in [0.1, 0.15) is 59.9 Å². The minimum atomic E-state index is -1.69. The number of aliphatic imine (C=N–C) groups is 1. The number of H-pyrrole nitrogens is 2. The molecule has 0 radical (unpaired) electrons. The van der Waals surface area contributed by atoms with Crippen LogP contribution in [0.15, 0.2) is 114 Å². The summed E-state index contributed by atoms with van der Waals surface area (Å²) >= 11 is 0. The van der Waals surface area contributed by atoms with Crippen LogP contribution in [0.25, 0.3) is 21.8 Å². The molecule has 1 saturated heterocycles. The number of carbonyl (C=O) groups is 9. The fourth-order valence-corrected chi connectivity index (χ4v) is 10.9. The van der Waals surface area contributed by atoms with Gasteiger partial charge < -0.3 is 79.1 Å². The summed E-state index contributed by atoms with van der Waals surface area (Å²) in [6.45, 7) is 4.33. The summed E-state index contributed by atoms with van der Waals surface area (Å²) < 4.78 is 13.7. The van der Waals surface area contributed by atoms with E-state index in [1.165, 1.54) is 55.3 Å². The number of benzene rings is 4. The predicted octanol–water partition coefficient (Wildman–Crippen LogP) is 1.48. The second kappa shape index (κ2) is 31.9. The number of likely N-dealkylation sites (N-methyl/N-ethyl adjacent to an activating group) is 1. The number of aromatic hydroxyl groups is 1. The number of primary amides is 1. The Kier molecular flexibility index (Phi) is 24.0. The molecule has 8 atom stereocenters. The molecule has 1 aliphatic rings. The van der Waals surface area contributed by atoms with Gasteiger partial charge in [-0.2, -0.15) is 0 Å². The molecule has 1 fully saturated rings. The largest absolute Gasteiger partial charge is 0.508 e. The monoisotopic (exact) mass is 1240 g/mol. The number of hydrogen-bond donors (Lipinski definition) is 13. The Morgan fingerprint density at radius 2 is 1.22 bits per heavy atom. The Labute approximate surface area is 519 Å². The zero-order valence-electron chi connectivity index (χ0n) is 50.8. The lowest BCUT2D eigenvalue weighted by atomic mass is 9.99. The maximum atomic E-state index is 15.2. The summed E-state index contributed by atoms with van der Waals surface area (Å²) in [6.07, 6.45) is 4.02. The number of amides is 9. The van der Waals surface area contributed by atoms with Gasteiger partial charge in [0.2, 0.25) is 53.2 Å². The van der Waals surface area contributed by atoms with Crippen molar-refractivity contribution in [2.45, 2.75) is 133 Å². The number of carbonyl (C=O) groups excluding carboxylic acids is 9. The van der Waals surface area contributed by atoms with E-state index in [9.17, 15) is 48.2 Å². The van der Waals surface area contributed by atoms with Crippen molar-refractivity contribution in [2.75, 3.05) is 26.7 Å². The average molecular weight is 1240 g/mol. The van der Waals surface area contributed by atoms with E-state index in [4.69, 9.17) is 17.2 Å². The summed E-state index contributed by atoms with van der Waals surface area (Å²) in [5.41, 5.74) is 20.4. The number of halogens is 1. The highest BCUT2D eigenvalue weighted by molar-refractivity contribution is 5.99. The van der Waals surface area contributed by atoms with Gasteiger partial charge in [0, 0.05) is 80.0 Å². The molecule has 4 aromatic carbocycles. The van der Waals surface area contributed by atoms with Crippen LogP contribution in [-0.2, 0) is 68.8 Å². The number of likely N-dealkylation sites (tertiary alicyclic amines) is 1. The molecule has 16 N–H and O–H groups in total. The number of phenols is 1. The standard InChI is InChI=1S/C64H81FN14O11/c1-36(2)29-49(57(84)74-48(15-9-27-69-64(67)68)63(90)79-28-10-16-53(79)60(87)72-37(3)56(66)83)75-59(86)51(32-41-34-71-47-14-8-6-12-45(41)47)76-61(88)54(30-39-19-24-43(81)25-20-39)78(4)62(89)52(35-80)77-58(85)50(31-40-33-70-46-13-7-5-11-44(40)46)73-55(82)26-21-38-17-22-42(65)23-18-38/h5-8,11-14,17-20,22-25,33-34,36-37,48-54,70-71,80-81H,9-10,15-16,21,26-32,35H2,1-4H3,(H2,66,83)(H,72,87)(H,73,82)(H,74,84)(H,75,86)(H,76,88)(H,77,85)(H4,67,68,69)/t37-,48+,49+,50-,51-,52+,53+,54+/m1/s1. The number of aliphatic hydroxyl groups is 1. The zero-order valence-corrected chi connectivity index (χ0v) is 50.8. The van der Waals surface area contributed by atoms with E-state index in [1.807, 2.05) is 56.3 Å². The Morgan fingerprint density at radius 1 is 0.678 bits per heavy atom. The van der Waals surface area contributed by atoms with E-state index in [1.54, 1.807) is 30.6 Å². The summed E-state index contributed by atoms with van der Waals surface area (Å²) in [5.74, 6) is -7.72. The van der Waals surface area contributed by atoms with Crippen LogP contribution in [0.1, 0.15) is 81.5 Å². The molecule has 0 unspecified atom stereocenters. The number of rotatable bonds is 31. The molecule has 0 spiro atoms. The summed E-state index contributed by atoms with van der Waals surface area (Å²) in [4.78, 5) is 140. The van der Waals surface area contributed by atoms with Crippen LogP contribution in [0, 0.1) is 11.7 Å². The second-order valence-corrected chi connectivity index (χ2v) is 23.0. The van der Waals surface area contributed by atoms with E-state index in [0.717, 1.165) is 15.8 Å². The molecule has 90 heavy (non-hydrogen) atoms. The number of phenolic OH excluding ortho intramolecular Hbond substituents is 1. The smallest absolute Gasteiger partial charge is 0.247 e. The lowest BCUT2D eigenvalue weighted by Crippen LogP contribution is -2.61. The highest BCUT2D eigenvalue weighted by Gasteiger charge is 2.40. The van der Waals surface area contributed by atoms with Crippen molar-refractivity contribution in [3.05, 3.63) is 138 Å². The van der Waals surface area contributed by atoms with Crippen LogP contribution >= 0.6 is 0 Å². The summed E-state index contributed by atoms with van der Waals surface area (Å²) in [5, 5.41) is 39.0. The van der Waals surface area contributed by atoms with E-state index >= 15 is 9.59 Å². The molecular formula is C64H81FN14O11. The van der Waals surface area contributed by atoms with Gasteiger partial charge in [0.15, 0.2) is 5.96 Å². The minimum Gasteiger partial charge on any atom is -0.508 e. The maximum Gasteiger partial charge on any atom is 0.247 e. The minimum absolute atomic E-state index is 0.00311. The van der Waals surface area contributed by atoms with Gasteiger partial charge >= 0.3 is 0 Å². The van der Waals surface area contributed by atoms with Gasteiger partial charge in [0.05, 0.1) is 6.61 Å². The van der Waals surface area contributed by atoms with E-state index in [-0.39, 0.29) is 88.5 Å². The molecule has 3 heterocycles. The lowest BCUT2D eigenvalue weighted by Gasteiger charge is -2.33. The van der Waals surface area contributed by atoms with E-state index < -0.39 is 114 Å². The first-order valence-electron chi connectivity index (χ1n) is 30.0. The Morgan fingerprint density at radius 3 is 1.80 bits per heavy atom. The number of aliphatic hydroxyl groups excluding tert-OH is 1. The number of aromatic nitrogens is 2. The van der Waals surface area contributed by atoms with Gasteiger partial charge in [-0.3, -0.25) is 48.1 Å². The van der Waals surface area contributed by atoms with Crippen molar-refractivity contribution in [1.29, 1.82) is 0 Å². The van der Waals surface area contributed by atoms with Gasteiger partial charge in [-0.15, -0.1) is 0 Å². The molecule has 0 aliphatic carbocycles. The van der Waals surface area contributed by atoms with Crippen molar-refractivity contribution >= 4 is 80.9 Å². The highest BCUT2D eigenvalue weighted by Crippen LogP contribution is 2.24. The van der Waals surface area contributed by atoms with Crippen LogP contribution < -0.4 is 49.1 Å². The zero-order chi connectivity index (χ0) is 65.2. The third-order valence-electron chi connectivity index (χ3n) is 15.8. The van der Waals surface area contributed by atoms with Crippen molar-refractivity contribution in [2.24, 2.45) is 28.1 Å². The van der Waals surface area contributed by atoms with Crippen LogP contribution in [-0.4, -0.2) is 164 Å². The summed E-state index contributed by atoms with van der Waals surface area (Å²) in [7, 11) is 1.29. The quantitative estimate of drug-likeness (QED) is 0.0167. The van der Waals surface area contributed by atoms with Crippen LogP contribution in [0.5, 0.6) is 5.75 Å². The molecule has 1 aliphatic heterocycles. The van der Waals surface area contributed by atoms with Crippen LogP contribution in [0.2, 0.25) is 0 Å². The SMILES string of the molecule is CC(C)C[C@H](NC(=O)[C@@H](Cc1c[nH]c2ccccc12)NC(=O)[C@H](Cc1ccc(O)cc1)N(C)C(=O)[C@H](CO)NC(=O)[C@@H](Cc1c[nH]c2ccccc12)NC(=O)CCc1ccc(F)cc1)C(=O)N[C@@H](CCCN=C(N)N)C(=O)N1CCC[C@H]1C(=O)N[C@H](C)C(N)=O. The fourth-order valence-electron chi connectivity index (χ4n) is 10.9. The van der Waals surface area contributed by atoms with Gasteiger partial charge in [-0.05, 0) is 110 Å². The number of fused-ring (bicyclic) bond motifs is 2. The van der Waals surface area contributed by atoms with Crippen LogP contribution in [0.3, 0.4) is 0 Å². The maximum absolute atomic E-state index is 15.2. The van der Waals surface area contributed by atoms with Crippen molar-refractivity contribution in [3.8, 4) is 5.75 Å². The topological polar surface area (TPSA) is 395 Å². The Hall–Kier alpha value is -9.85. The van der Waals surface area contributed by atoms with Crippen molar-refractivity contribution < 1.29 is 57.8 Å². The van der Waals surface area contributed by atoms with Gasteiger partial charge in [0.25, 0.3) is 0 Å². The molecule has 9 amide bonds. The third kappa shape index (κ3) is 18.6. The molecular weight excluding hydrogens is 1160 g/mol. The first-order chi connectivity index (χ1) is 43.0. The van der Waals surface area contributed by atoms with Crippen molar-refractivity contribution in [1.82, 2.24) is 51.7 Å². The number of nitrogens with zero attached hydrogens (tertiary/aromatic N) is 3. The molecule has 26 heteroatoms. The fraction of sp³-hybridized carbons (Fsp3) is 0.406. The molecule has 0 bridgehead atoms.